The van der Waals surface area contributed by atoms with Crippen LogP contribution in [-0.4, -0.2) is 42.7 Å². The van der Waals surface area contributed by atoms with Crippen molar-refractivity contribution in [3.05, 3.63) is 0 Å². The topological polar surface area (TPSA) is 110 Å². The third kappa shape index (κ3) is 2.05. The Kier molecular flexibility index (Phi) is 3.24. The lowest BCUT2D eigenvalue weighted by atomic mass is 10.2. The molecule has 1 aromatic rings. The van der Waals surface area contributed by atoms with Crippen molar-refractivity contribution in [3.63, 3.8) is 0 Å². The molecule has 1 aliphatic carbocycles. The van der Waals surface area contributed by atoms with Gasteiger partial charge in [-0.05, 0) is 19.3 Å². The molecule has 2 rings (SSSR count). The summed E-state index contributed by atoms with van der Waals surface area (Å²) < 4.78 is 24.8. The van der Waals surface area contributed by atoms with E-state index >= 15 is 0 Å². The van der Waals surface area contributed by atoms with E-state index in [1.165, 1.54) is 4.68 Å². The molecule has 0 radical (unpaired) electrons. The Bertz CT molecular complexity index is 552. The number of nitrogens with zero attached hydrogens (tertiary/aromatic N) is 2. The van der Waals surface area contributed by atoms with Crippen LogP contribution >= 0.6 is 0 Å². The summed E-state index contributed by atoms with van der Waals surface area (Å²) in [5.74, 6) is 0.321. The predicted octanol–water partition coefficient (Wildman–Crippen LogP) is -0.00360. The van der Waals surface area contributed by atoms with Gasteiger partial charge in [-0.1, -0.05) is 0 Å². The first-order valence-electron chi connectivity index (χ1n) is 5.80. The number of aliphatic hydroxyl groups is 1. The third-order valence-corrected chi connectivity index (χ3v) is 4.41. The summed E-state index contributed by atoms with van der Waals surface area (Å²) in [5, 5.41) is 16.8. The van der Waals surface area contributed by atoms with E-state index in [-0.39, 0.29) is 22.6 Å². The minimum atomic E-state index is -3.45. The zero-order chi connectivity index (χ0) is 13.5. The molecule has 2 atom stereocenters. The summed E-state index contributed by atoms with van der Waals surface area (Å²) in [6, 6.07) is -0.243. The van der Waals surface area contributed by atoms with Crippen molar-refractivity contribution in [2.24, 2.45) is 0 Å². The second-order valence-electron chi connectivity index (χ2n) is 4.60. The quantitative estimate of drug-likeness (QED) is 0.715. The maximum atomic E-state index is 11.7. The van der Waals surface area contributed by atoms with Crippen LogP contribution in [0, 0.1) is 0 Å². The number of anilines is 2. The Balaban J connectivity index is 2.54. The minimum Gasteiger partial charge on any atom is -0.391 e. The zero-order valence-corrected chi connectivity index (χ0v) is 11.2. The SMILES string of the molecule is CNc1nn(C2CCCC2O)c(N)c1S(C)(=O)=O. The van der Waals surface area contributed by atoms with Crippen molar-refractivity contribution in [1.82, 2.24) is 9.78 Å². The van der Waals surface area contributed by atoms with Crippen LogP contribution in [0.2, 0.25) is 0 Å². The summed E-state index contributed by atoms with van der Waals surface area (Å²) in [7, 11) is -1.87. The summed E-state index contributed by atoms with van der Waals surface area (Å²) in [4.78, 5) is 0.00380. The van der Waals surface area contributed by atoms with E-state index in [0.29, 0.717) is 6.42 Å². The maximum absolute atomic E-state index is 11.7. The summed E-state index contributed by atoms with van der Waals surface area (Å²) in [6.45, 7) is 0. The fraction of sp³-hybridized carbons (Fsp3) is 0.700. The Morgan fingerprint density at radius 3 is 2.56 bits per heavy atom. The van der Waals surface area contributed by atoms with Gasteiger partial charge in [-0.25, -0.2) is 13.1 Å². The van der Waals surface area contributed by atoms with E-state index in [1.54, 1.807) is 7.05 Å². The molecule has 2 unspecified atom stereocenters. The van der Waals surface area contributed by atoms with Crippen molar-refractivity contribution in [2.75, 3.05) is 24.4 Å². The molecule has 18 heavy (non-hydrogen) atoms. The van der Waals surface area contributed by atoms with Gasteiger partial charge in [0.25, 0.3) is 0 Å². The van der Waals surface area contributed by atoms with Crippen LogP contribution in [-0.2, 0) is 9.84 Å². The highest BCUT2D eigenvalue weighted by Gasteiger charge is 2.32. The largest absolute Gasteiger partial charge is 0.391 e. The lowest BCUT2D eigenvalue weighted by Crippen LogP contribution is -2.21. The molecular formula is C10H18N4O3S. The Hall–Kier alpha value is -1.28. The average molecular weight is 274 g/mol. The van der Waals surface area contributed by atoms with Crippen LogP contribution in [0.4, 0.5) is 11.6 Å². The number of nitrogen functional groups attached to an aromatic ring is 1. The molecular weight excluding hydrogens is 256 g/mol. The number of nitrogens with one attached hydrogen (secondary N) is 1. The normalized spacial score (nSPS) is 24.4. The molecule has 102 valence electrons. The summed E-state index contributed by atoms with van der Waals surface area (Å²) in [5.41, 5.74) is 5.88. The van der Waals surface area contributed by atoms with Gasteiger partial charge in [0.05, 0.1) is 12.1 Å². The maximum Gasteiger partial charge on any atom is 0.182 e. The molecule has 7 nitrogen and oxygen atoms in total. The van der Waals surface area contributed by atoms with E-state index < -0.39 is 15.9 Å². The highest BCUT2D eigenvalue weighted by atomic mass is 32.2. The molecule has 0 saturated heterocycles. The summed E-state index contributed by atoms with van der Waals surface area (Å²) in [6.07, 6.45) is 2.89. The highest BCUT2D eigenvalue weighted by Crippen LogP contribution is 2.36. The lowest BCUT2D eigenvalue weighted by Gasteiger charge is -2.16. The first kappa shape index (κ1) is 13.2. The molecule has 1 heterocycles. The lowest BCUT2D eigenvalue weighted by molar-refractivity contribution is 0.131. The van der Waals surface area contributed by atoms with Gasteiger partial charge in [0.1, 0.15) is 5.82 Å². The second-order valence-corrected chi connectivity index (χ2v) is 6.55. The number of hydrogen-bond acceptors (Lipinski definition) is 6. The zero-order valence-electron chi connectivity index (χ0n) is 10.4. The minimum absolute atomic E-state index is 0.00380. The third-order valence-electron chi connectivity index (χ3n) is 3.27. The second kappa shape index (κ2) is 4.43. The Labute approximate surface area is 106 Å². The van der Waals surface area contributed by atoms with E-state index in [2.05, 4.69) is 10.4 Å². The molecule has 0 bridgehead atoms. The number of aliphatic hydroxyl groups excluding tert-OH is 1. The monoisotopic (exact) mass is 274 g/mol. The van der Waals surface area contributed by atoms with Crippen LogP contribution in [0.3, 0.4) is 0 Å². The van der Waals surface area contributed by atoms with Crippen molar-refractivity contribution < 1.29 is 13.5 Å². The molecule has 0 spiro atoms. The molecule has 1 aromatic heterocycles. The average Bonchev–Trinajstić information content (AvgIpc) is 2.80. The van der Waals surface area contributed by atoms with Gasteiger partial charge in [-0.3, -0.25) is 0 Å². The highest BCUT2D eigenvalue weighted by molar-refractivity contribution is 7.91. The van der Waals surface area contributed by atoms with Crippen molar-refractivity contribution in [3.8, 4) is 0 Å². The van der Waals surface area contributed by atoms with Gasteiger partial charge in [-0.2, -0.15) is 5.10 Å². The standard InChI is InChI=1S/C10H18N4O3S/c1-12-10-8(18(2,16)17)9(11)14(13-10)6-4-3-5-7(6)15/h6-7,15H,3-5,11H2,1-2H3,(H,12,13). The smallest absolute Gasteiger partial charge is 0.182 e. The van der Waals surface area contributed by atoms with Crippen molar-refractivity contribution in [1.29, 1.82) is 0 Å². The van der Waals surface area contributed by atoms with E-state index in [0.717, 1.165) is 19.1 Å². The van der Waals surface area contributed by atoms with Gasteiger partial charge < -0.3 is 16.2 Å². The number of rotatable bonds is 3. The van der Waals surface area contributed by atoms with E-state index in [1.807, 2.05) is 0 Å². The number of sulfone groups is 1. The predicted molar refractivity (Wildman–Crippen MR) is 68.2 cm³/mol. The number of nitrogens with two attached hydrogens (primary N) is 1. The Morgan fingerprint density at radius 2 is 2.17 bits per heavy atom. The molecule has 8 heteroatoms. The van der Waals surface area contributed by atoms with Gasteiger partial charge >= 0.3 is 0 Å². The van der Waals surface area contributed by atoms with Crippen LogP contribution in [0.1, 0.15) is 25.3 Å². The number of hydrogen-bond donors (Lipinski definition) is 3. The first-order valence-corrected chi connectivity index (χ1v) is 7.69. The van der Waals surface area contributed by atoms with Gasteiger partial charge in [-0.15, -0.1) is 0 Å². The molecule has 0 aliphatic heterocycles. The van der Waals surface area contributed by atoms with E-state index in [9.17, 15) is 13.5 Å². The first-order chi connectivity index (χ1) is 8.36. The molecule has 0 aromatic carbocycles. The molecule has 0 amide bonds. The van der Waals surface area contributed by atoms with Crippen molar-refractivity contribution >= 4 is 21.5 Å². The van der Waals surface area contributed by atoms with Crippen molar-refractivity contribution in [2.45, 2.75) is 36.3 Å². The van der Waals surface area contributed by atoms with Crippen LogP contribution in [0.25, 0.3) is 0 Å². The molecule has 1 fully saturated rings. The number of aromatic nitrogens is 2. The molecule has 1 aliphatic rings. The summed E-state index contributed by atoms with van der Waals surface area (Å²) >= 11 is 0. The van der Waals surface area contributed by atoms with Gasteiger partial charge in [0.2, 0.25) is 0 Å². The molecule has 4 N–H and O–H groups in total. The fourth-order valence-corrected chi connectivity index (χ4v) is 3.39. The van der Waals surface area contributed by atoms with Gasteiger partial charge in [0.15, 0.2) is 20.6 Å². The molecule has 1 saturated carbocycles. The fourth-order valence-electron chi connectivity index (χ4n) is 2.42. The van der Waals surface area contributed by atoms with Crippen LogP contribution in [0.15, 0.2) is 4.90 Å². The van der Waals surface area contributed by atoms with Crippen LogP contribution in [0.5, 0.6) is 0 Å². The van der Waals surface area contributed by atoms with Crippen LogP contribution < -0.4 is 11.1 Å². The Morgan fingerprint density at radius 1 is 1.50 bits per heavy atom. The van der Waals surface area contributed by atoms with Gasteiger partial charge in [0, 0.05) is 13.3 Å². The van der Waals surface area contributed by atoms with E-state index in [4.69, 9.17) is 5.73 Å².